The molecule has 1 aromatic heterocycles. The maximum absolute atomic E-state index is 12.1. The minimum absolute atomic E-state index is 0.000819. The molecule has 1 saturated heterocycles. The lowest BCUT2D eigenvalue weighted by molar-refractivity contribution is -0.0447. The van der Waals surface area contributed by atoms with E-state index in [1.54, 1.807) is 12.3 Å². The molecule has 5 heteroatoms. The zero-order valence-corrected chi connectivity index (χ0v) is 12.5. The summed E-state index contributed by atoms with van der Waals surface area (Å²) in [5.41, 5.74) is 6.74. The largest absolute Gasteiger partial charge is 0.458 e. The molecule has 0 bridgehead atoms. The van der Waals surface area contributed by atoms with Crippen LogP contribution in [-0.2, 0) is 16.0 Å². The van der Waals surface area contributed by atoms with Crippen molar-refractivity contribution in [2.75, 3.05) is 12.3 Å². The molecule has 1 aliphatic heterocycles. The van der Waals surface area contributed by atoms with E-state index in [9.17, 15) is 4.79 Å². The van der Waals surface area contributed by atoms with Crippen molar-refractivity contribution >= 4 is 11.7 Å². The van der Waals surface area contributed by atoms with Crippen molar-refractivity contribution in [3.8, 4) is 0 Å². The van der Waals surface area contributed by atoms with Gasteiger partial charge in [0.05, 0.1) is 17.4 Å². The molecule has 1 aromatic rings. The predicted molar refractivity (Wildman–Crippen MR) is 77.6 cm³/mol. The molecule has 2 heterocycles. The maximum atomic E-state index is 12.1. The van der Waals surface area contributed by atoms with Crippen LogP contribution in [0.5, 0.6) is 0 Å². The van der Waals surface area contributed by atoms with Crippen LogP contribution < -0.4 is 5.73 Å². The van der Waals surface area contributed by atoms with Gasteiger partial charge in [-0.3, -0.25) is 0 Å². The van der Waals surface area contributed by atoms with Crippen LogP contribution in [0.15, 0.2) is 12.3 Å². The van der Waals surface area contributed by atoms with E-state index in [4.69, 9.17) is 15.2 Å². The molecule has 2 rings (SSSR count). The third-order valence-electron chi connectivity index (χ3n) is 3.55. The number of hydrogen-bond donors (Lipinski definition) is 1. The molecular formula is C15H24N2O3. The van der Waals surface area contributed by atoms with E-state index in [1.165, 1.54) is 0 Å². The number of carbonyl (C=O) groups excluding carboxylic acids is 1. The van der Waals surface area contributed by atoms with E-state index in [2.05, 4.69) is 20.8 Å². The molecule has 20 heavy (non-hydrogen) atoms. The Bertz CT molecular complexity index is 479. The van der Waals surface area contributed by atoms with Gasteiger partial charge in [0.2, 0.25) is 0 Å². The number of aryl methyl sites for hydroxylation is 1. The van der Waals surface area contributed by atoms with Gasteiger partial charge in [-0.1, -0.05) is 6.92 Å². The van der Waals surface area contributed by atoms with Crippen LogP contribution in [0.4, 0.5) is 5.69 Å². The summed E-state index contributed by atoms with van der Waals surface area (Å²) in [6.45, 7) is 7.23. The molecule has 0 amide bonds. The van der Waals surface area contributed by atoms with E-state index in [0.717, 1.165) is 25.8 Å². The number of nitrogen functional groups attached to an aromatic ring is 1. The first-order valence-corrected chi connectivity index (χ1v) is 7.22. The molecule has 112 valence electrons. The Kier molecular flexibility index (Phi) is 4.38. The second-order valence-electron chi connectivity index (χ2n) is 5.99. The quantitative estimate of drug-likeness (QED) is 0.842. The van der Waals surface area contributed by atoms with Gasteiger partial charge >= 0.3 is 5.97 Å². The van der Waals surface area contributed by atoms with E-state index in [1.807, 2.05) is 4.57 Å². The van der Waals surface area contributed by atoms with Crippen molar-refractivity contribution in [3.63, 3.8) is 0 Å². The fourth-order valence-corrected chi connectivity index (χ4v) is 2.57. The number of nitrogens with zero attached hydrogens (tertiary/aromatic N) is 1. The predicted octanol–water partition coefficient (Wildman–Crippen LogP) is 2.59. The lowest BCUT2D eigenvalue weighted by atomic mass is 10.1. The van der Waals surface area contributed by atoms with Gasteiger partial charge in [0, 0.05) is 12.7 Å². The molecule has 0 radical (unpaired) electrons. The highest BCUT2D eigenvalue weighted by atomic mass is 16.6. The van der Waals surface area contributed by atoms with Crippen LogP contribution in [0.3, 0.4) is 0 Å². The topological polar surface area (TPSA) is 66.5 Å². The van der Waals surface area contributed by atoms with Crippen molar-refractivity contribution in [2.45, 2.75) is 58.3 Å². The van der Waals surface area contributed by atoms with Gasteiger partial charge in [-0.2, -0.15) is 0 Å². The monoisotopic (exact) mass is 280 g/mol. The minimum atomic E-state index is -0.330. The normalized spacial score (nSPS) is 21.1. The highest BCUT2D eigenvalue weighted by Gasteiger charge is 2.32. The average molecular weight is 280 g/mol. The van der Waals surface area contributed by atoms with Crippen LogP contribution in [0, 0.1) is 0 Å². The van der Waals surface area contributed by atoms with E-state index in [-0.39, 0.29) is 17.7 Å². The first-order valence-electron chi connectivity index (χ1n) is 7.22. The van der Waals surface area contributed by atoms with Gasteiger partial charge in [-0.15, -0.1) is 0 Å². The van der Waals surface area contributed by atoms with Crippen LogP contribution in [0.2, 0.25) is 0 Å². The lowest BCUT2D eigenvalue weighted by Gasteiger charge is -2.19. The summed E-state index contributed by atoms with van der Waals surface area (Å²) in [4.78, 5) is 12.1. The van der Waals surface area contributed by atoms with Gasteiger partial charge in [-0.05, 0) is 39.2 Å². The Morgan fingerprint density at radius 1 is 1.60 bits per heavy atom. The fraction of sp³-hybridized carbons (Fsp3) is 0.667. The van der Waals surface area contributed by atoms with Gasteiger partial charge in [0.25, 0.3) is 0 Å². The lowest BCUT2D eigenvalue weighted by Crippen LogP contribution is -2.24. The number of aromatic nitrogens is 1. The molecule has 0 saturated carbocycles. The van der Waals surface area contributed by atoms with Crippen LogP contribution in [0.1, 0.15) is 50.5 Å². The summed E-state index contributed by atoms with van der Waals surface area (Å²) >= 11 is 0. The van der Waals surface area contributed by atoms with Crippen LogP contribution >= 0.6 is 0 Å². The number of hydrogen-bond acceptors (Lipinski definition) is 4. The van der Waals surface area contributed by atoms with Crippen molar-refractivity contribution in [1.29, 1.82) is 0 Å². The van der Waals surface area contributed by atoms with E-state index < -0.39 is 0 Å². The Hall–Kier alpha value is -1.49. The second kappa shape index (κ2) is 5.87. The molecule has 1 atom stereocenters. The molecule has 1 fully saturated rings. The Morgan fingerprint density at radius 2 is 2.35 bits per heavy atom. The number of carbonyl (C=O) groups is 1. The number of rotatable bonds is 5. The molecule has 0 aliphatic carbocycles. The van der Waals surface area contributed by atoms with Gasteiger partial charge in [0.1, 0.15) is 12.3 Å². The third kappa shape index (κ3) is 3.54. The summed E-state index contributed by atoms with van der Waals surface area (Å²) < 4.78 is 13.0. The smallest absolute Gasteiger partial charge is 0.355 e. The molecule has 1 unspecified atom stereocenters. The van der Waals surface area contributed by atoms with Crippen molar-refractivity contribution in [1.82, 2.24) is 4.57 Å². The van der Waals surface area contributed by atoms with Gasteiger partial charge < -0.3 is 19.8 Å². The number of ether oxygens (including phenoxy) is 2. The third-order valence-corrected chi connectivity index (χ3v) is 3.55. The van der Waals surface area contributed by atoms with Gasteiger partial charge in [-0.25, -0.2) is 4.79 Å². The molecule has 0 spiro atoms. The first-order chi connectivity index (χ1) is 9.41. The van der Waals surface area contributed by atoms with Crippen molar-refractivity contribution in [3.05, 3.63) is 18.0 Å². The fourth-order valence-electron chi connectivity index (χ4n) is 2.57. The molecule has 2 N–H and O–H groups in total. The Labute approximate surface area is 120 Å². The van der Waals surface area contributed by atoms with Crippen LogP contribution in [-0.4, -0.2) is 28.8 Å². The van der Waals surface area contributed by atoms with E-state index in [0.29, 0.717) is 18.0 Å². The summed E-state index contributed by atoms with van der Waals surface area (Å²) in [6, 6.07) is 1.66. The average Bonchev–Trinajstić information content (AvgIpc) is 2.90. The van der Waals surface area contributed by atoms with Crippen molar-refractivity contribution < 1.29 is 14.3 Å². The number of esters is 1. The zero-order chi connectivity index (χ0) is 14.8. The molecule has 1 aliphatic rings. The van der Waals surface area contributed by atoms with E-state index >= 15 is 0 Å². The Balaban J connectivity index is 1.92. The summed E-state index contributed by atoms with van der Waals surface area (Å²) in [7, 11) is 0. The summed E-state index contributed by atoms with van der Waals surface area (Å²) in [5.74, 6) is -0.330. The SMILES string of the molecule is CCCn1cc(N)cc1C(=O)OCC1CCC(C)(C)O1. The highest BCUT2D eigenvalue weighted by Crippen LogP contribution is 2.29. The first kappa shape index (κ1) is 14.9. The Morgan fingerprint density at radius 3 is 2.95 bits per heavy atom. The van der Waals surface area contributed by atoms with Gasteiger partial charge in [0.15, 0.2) is 0 Å². The second-order valence-corrected chi connectivity index (χ2v) is 5.99. The molecular weight excluding hydrogens is 256 g/mol. The standard InChI is InChI=1S/C15H24N2O3/c1-4-7-17-9-11(16)8-13(17)14(18)19-10-12-5-6-15(2,3)20-12/h8-9,12H,4-7,10,16H2,1-3H3. The van der Waals surface area contributed by atoms with Crippen LogP contribution in [0.25, 0.3) is 0 Å². The van der Waals surface area contributed by atoms with Crippen molar-refractivity contribution in [2.24, 2.45) is 0 Å². The number of nitrogens with two attached hydrogens (primary N) is 1. The number of anilines is 1. The highest BCUT2D eigenvalue weighted by molar-refractivity contribution is 5.89. The zero-order valence-electron chi connectivity index (χ0n) is 12.5. The minimum Gasteiger partial charge on any atom is -0.458 e. The molecule has 0 aromatic carbocycles. The summed E-state index contributed by atoms with van der Waals surface area (Å²) in [5, 5.41) is 0. The molecule has 5 nitrogen and oxygen atoms in total. The maximum Gasteiger partial charge on any atom is 0.355 e. The summed E-state index contributed by atoms with van der Waals surface area (Å²) in [6.07, 6.45) is 4.64.